The highest BCUT2D eigenvalue weighted by molar-refractivity contribution is 8.00. The molecule has 2 rings (SSSR count). The summed E-state index contributed by atoms with van der Waals surface area (Å²) in [6.45, 7) is 3.58. The number of nitrogens with zero attached hydrogens (tertiary/aromatic N) is 3. The van der Waals surface area contributed by atoms with E-state index in [2.05, 4.69) is 14.9 Å². The van der Waals surface area contributed by atoms with Crippen LogP contribution >= 0.6 is 11.8 Å². The molecule has 1 unspecified atom stereocenters. The fraction of sp³-hybridized carbons (Fsp3) is 0.400. The first-order valence-corrected chi connectivity index (χ1v) is 9.70. The van der Waals surface area contributed by atoms with Gasteiger partial charge in [-0.05, 0) is 26.0 Å². The standard InChI is InChI=1S/C15H19N3O4S2/c1-10-5-7-12(8-6-10)24(20,21)9-13-16-17-15(18(13)3)23-11(2)14(19)22-4/h5-8,11H,9H2,1-4H3. The highest BCUT2D eigenvalue weighted by atomic mass is 32.2. The Hall–Kier alpha value is -1.87. The Balaban J connectivity index is 2.19. The third kappa shape index (κ3) is 4.15. The van der Waals surface area contributed by atoms with Crippen molar-refractivity contribution >= 4 is 27.6 Å². The number of benzene rings is 1. The molecule has 0 saturated carbocycles. The minimum Gasteiger partial charge on any atom is -0.468 e. The van der Waals surface area contributed by atoms with Gasteiger partial charge in [0.15, 0.2) is 15.0 Å². The summed E-state index contributed by atoms with van der Waals surface area (Å²) >= 11 is 1.17. The van der Waals surface area contributed by atoms with Crippen molar-refractivity contribution in [2.45, 2.75) is 34.9 Å². The highest BCUT2D eigenvalue weighted by Gasteiger charge is 2.23. The number of carbonyl (C=O) groups is 1. The van der Waals surface area contributed by atoms with Gasteiger partial charge in [0.2, 0.25) is 0 Å². The van der Waals surface area contributed by atoms with Gasteiger partial charge in [-0.3, -0.25) is 4.79 Å². The zero-order valence-corrected chi connectivity index (χ0v) is 15.5. The predicted molar refractivity (Wildman–Crippen MR) is 90.4 cm³/mol. The number of hydrogen-bond acceptors (Lipinski definition) is 7. The number of hydrogen-bond donors (Lipinski definition) is 0. The molecule has 0 aliphatic carbocycles. The molecule has 1 atom stereocenters. The fourth-order valence-electron chi connectivity index (χ4n) is 1.94. The van der Waals surface area contributed by atoms with E-state index < -0.39 is 15.1 Å². The molecular weight excluding hydrogens is 350 g/mol. The molecule has 24 heavy (non-hydrogen) atoms. The average molecular weight is 369 g/mol. The van der Waals surface area contributed by atoms with Crippen LogP contribution in [0, 0.1) is 6.92 Å². The number of thioether (sulfide) groups is 1. The van der Waals surface area contributed by atoms with E-state index >= 15 is 0 Å². The van der Waals surface area contributed by atoms with E-state index in [1.54, 1.807) is 42.8 Å². The summed E-state index contributed by atoms with van der Waals surface area (Å²) < 4.78 is 31.2. The van der Waals surface area contributed by atoms with E-state index in [1.807, 2.05) is 6.92 Å². The van der Waals surface area contributed by atoms with Crippen LogP contribution in [0.15, 0.2) is 34.3 Å². The van der Waals surface area contributed by atoms with Crippen LogP contribution in [0.4, 0.5) is 0 Å². The van der Waals surface area contributed by atoms with Crippen LogP contribution in [0.1, 0.15) is 18.3 Å². The van der Waals surface area contributed by atoms with Crippen molar-refractivity contribution in [2.24, 2.45) is 7.05 Å². The molecule has 2 aromatic rings. The van der Waals surface area contributed by atoms with E-state index in [1.165, 1.54) is 18.9 Å². The number of esters is 1. The van der Waals surface area contributed by atoms with Gasteiger partial charge in [0.25, 0.3) is 0 Å². The smallest absolute Gasteiger partial charge is 0.318 e. The quantitative estimate of drug-likeness (QED) is 0.566. The summed E-state index contributed by atoms with van der Waals surface area (Å²) in [5.41, 5.74) is 0.989. The summed E-state index contributed by atoms with van der Waals surface area (Å²) in [4.78, 5) is 11.7. The zero-order chi connectivity index (χ0) is 17.9. The van der Waals surface area contributed by atoms with E-state index in [0.717, 1.165) is 5.56 Å². The normalized spacial score (nSPS) is 12.8. The zero-order valence-electron chi connectivity index (χ0n) is 13.9. The molecule has 130 valence electrons. The molecule has 0 radical (unpaired) electrons. The lowest BCUT2D eigenvalue weighted by molar-refractivity contribution is -0.139. The average Bonchev–Trinajstić information content (AvgIpc) is 2.87. The van der Waals surface area contributed by atoms with Gasteiger partial charge in [0.1, 0.15) is 16.8 Å². The third-order valence-electron chi connectivity index (χ3n) is 3.44. The predicted octanol–water partition coefficient (Wildman–Crippen LogP) is 1.75. The Morgan fingerprint density at radius 1 is 1.29 bits per heavy atom. The second-order valence-corrected chi connectivity index (χ2v) is 8.61. The van der Waals surface area contributed by atoms with Crippen molar-refractivity contribution in [1.82, 2.24) is 14.8 Å². The first-order chi connectivity index (χ1) is 11.2. The van der Waals surface area contributed by atoms with Crippen LogP contribution < -0.4 is 0 Å². The van der Waals surface area contributed by atoms with Crippen molar-refractivity contribution in [3.63, 3.8) is 0 Å². The summed E-state index contributed by atoms with van der Waals surface area (Å²) in [5, 5.41) is 7.91. The lowest BCUT2D eigenvalue weighted by Gasteiger charge is -2.09. The lowest BCUT2D eigenvalue weighted by Crippen LogP contribution is -2.15. The first kappa shape index (κ1) is 18.5. The summed E-state index contributed by atoms with van der Waals surface area (Å²) in [6, 6.07) is 6.66. The van der Waals surface area contributed by atoms with Gasteiger partial charge in [0, 0.05) is 7.05 Å². The number of ether oxygens (including phenoxy) is 1. The van der Waals surface area contributed by atoms with Crippen LogP contribution in [-0.2, 0) is 32.2 Å². The van der Waals surface area contributed by atoms with Gasteiger partial charge in [-0.15, -0.1) is 10.2 Å². The second-order valence-electron chi connectivity index (χ2n) is 5.31. The van der Waals surface area contributed by atoms with Gasteiger partial charge in [0.05, 0.1) is 12.0 Å². The van der Waals surface area contributed by atoms with Gasteiger partial charge >= 0.3 is 5.97 Å². The number of aryl methyl sites for hydroxylation is 1. The Kier molecular flexibility index (Phi) is 5.66. The minimum atomic E-state index is -3.51. The number of sulfone groups is 1. The number of aromatic nitrogens is 3. The SMILES string of the molecule is COC(=O)C(C)Sc1nnc(CS(=O)(=O)c2ccc(C)cc2)n1C. The number of carbonyl (C=O) groups excluding carboxylic acids is 1. The van der Waals surface area contributed by atoms with Gasteiger partial charge < -0.3 is 9.30 Å². The number of methoxy groups -OCH3 is 1. The van der Waals surface area contributed by atoms with Gasteiger partial charge in [-0.1, -0.05) is 29.5 Å². The molecule has 0 saturated heterocycles. The molecule has 1 aromatic heterocycles. The maximum Gasteiger partial charge on any atom is 0.318 e. The van der Waals surface area contributed by atoms with E-state index in [4.69, 9.17) is 0 Å². The van der Waals surface area contributed by atoms with E-state index in [0.29, 0.717) is 11.0 Å². The molecular formula is C15H19N3O4S2. The van der Waals surface area contributed by atoms with Crippen molar-refractivity contribution in [3.8, 4) is 0 Å². The largest absolute Gasteiger partial charge is 0.468 e. The lowest BCUT2D eigenvalue weighted by atomic mass is 10.2. The summed E-state index contributed by atoms with van der Waals surface area (Å²) in [5.74, 6) is -0.320. The third-order valence-corrected chi connectivity index (χ3v) is 6.18. The van der Waals surface area contributed by atoms with Crippen LogP contribution in [0.3, 0.4) is 0 Å². The molecule has 1 heterocycles. The van der Waals surface area contributed by atoms with Gasteiger partial charge in [-0.25, -0.2) is 8.42 Å². The number of rotatable bonds is 6. The van der Waals surface area contributed by atoms with Crippen molar-refractivity contribution in [1.29, 1.82) is 0 Å². The second kappa shape index (κ2) is 7.35. The Bertz CT molecular complexity index is 829. The Morgan fingerprint density at radius 2 is 1.92 bits per heavy atom. The van der Waals surface area contributed by atoms with Crippen LogP contribution in [-0.4, -0.2) is 41.5 Å². The van der Waals surface area contributed by atoms with Crippen molar-refractivity contribution in [2.75, 3.05) is 7.11 Å². The Morgan fingerprint density at radius 3 is 2.50 bits per heavy atom. The maximum absolute atomic E-state index is 12.5. The molecule has 0 bridgehead atoms. The topological polar surface area (TPSA) is 91.2 Å². The van der Waals surface area contributed by atoms with E-state index in [-0.39, 0.29) is 16.6 Å². The molecule has 1 aromatic carbocycles. The molecule has 0 fully saturated rings. The van der Waals surface area contributed by atoms with Crippen molar-refractivity contribution in [3.05, 3.63) is 35.7 Å². The van der Waals surface area contributed by atoms with Crippen LogP contribution in [0.25, 0.3) is 0 Å². The fourth-order valence-corrected chi connectivity index (χ4v) is 4.11. The monoisotopic (exact) mass is 369 g/mol. The minimum absolute atomic E-state index is 0.244. The maximum atomic E-state index is 12.5. The molecule has 0 spiro atoms. The molecule has 9 heteroatoms. The molecule has 0 N–H and O–H groups in total. The highest BCUT2D eigenvalue weighted by Crippen LogP contribution is 2.23. The molecule has 7 nitrogen and oxygen atoms in total. The summed E-state index contributed by atoms with van der Waals surface area (Å²) in [6.07, 6.45) is 0. The summed E-state index contributed by atoms with van der Waals surface area (Å²) in [7, 11) is -0.525. The van der Waals surface area contributed by atoms with Crippen LogP contribution in [0.2, 0.25) is 0 Å². The van der Waals surface area contributed by atoms with Crippen LogP contribution in [0.5, 0.6) is 0 Å². The van der Waals surface area contributed by atoms with E-state index in [9.17, 15) is 13.2 Å². The Labute approximate surface area is 145 Å². The first-order valence-electron chi connectivity index (χ1n) is 7.17. The van der Waals surface area contributed by atoms with Crippen molar-refractivity contribution < 1.29 is 17.9 Å². The van der Waals surface area contributed by atoms with Gasteiger partial charge in [-0.2, -0.15) is 0 Å². The molecule has 0 amide bonds. The molecule has 0 aliphatic rings. The molecule has 0 aliphatic heterocycles.